The molecule has 0 radical (unpaired) electrons. The topological polar surface area (TPSA) is 98.5 Å². The van der Waals surface area contributed by atoms with Gasteiger partial charge in [0.15, 0.2) is 5.82 Å². The average molecular weight is 510 g/mol. The molecule has 36 heavy (non-hydrogen) atoms. The Bertz CT molecular complexity index is 1440. The molecule has 0 spiro atoms. The van der Waals surface area contributed by atoms with Crippen LogP contribution in [0.4, 0.5) is 0 Å². The number of imidazole rings is 1. The highest BCUT2D eigenvalue weighted by Gasteiger charge is 2.30. The van der Waals surface area contributed by atoms with Crippen LogP contribution in [0.2, 0.25) is 0 Å². The smallest absolute Gasteiger partial charge is 0.254 e. The number of benzene rings is 2. The first-order chi connectivity index (χ1) is 16.9. The molecular weight excluding hydrogens is 478 g/mol. The molecule has 3 heterocycles. The van der Waals surface area contributed by atoms with Gasteiger partial charge in [-0.25, -0.2) is 4.98 Å². The van der Waals surface area contributed by atoms with Gasteiger partial charge in [0, 0.05) is 49.2 Å². The number of nitrogens with two attached hydrogens (primary N) is 1. The van der Waals surface area contributed by atoms with Crippen LogP contribution in [0.1, 0.15) is 29.6 Å². The molecule has 4 aromatic rings. The fourth-order valence-corrected chi connectivity index (χ4v) is 5.31. The second-order valence-electron chi connectivity index (χ2n) is 9.95. The molecule has 2 aromatic carbocycles. The number of methoxy groups -OCH3 is 1. The number of carbonyl (C=O) groups is 1. The molecule has 1 aliphatic heterocycles. The molecule has 0 unspecified atom stereocenters. The van der Waals surface area contributed by atoms with Crippen molar-refractivity contribution in [3.05, 3.63) is 48.0 Å². The third-order valence-electron chi connectivity index (χ3n) is 7.49. The molecule has 8 nitrogen and oxygen atoms in total. The van der Waals surface area contributed by atoms with Crippen molar-refractivity contribution in [2.24, 2.45) is 18.7 Å². The first-order valence-corrected chi connectivity index (χ1v) is 12.3. The van der Waals surface area contributed by atoms with E-state index in [4.69, 9.17) is 15.5 Å². The van der Waals surface area contributed by atoms with E-state index < -0.39 is 12.1 Å². The van der Waals surface area contributed by atoms with Gasteiger partial charge in [-0.2, -0.15) is 0 Å². The van der Waals surface area contributed by atoms with Gasteiger partial charge in [-0.1, -0.05) is 18.2 Å². The molecule has 2 aromatic heterocycles. The van der Waals surface area contributed by atoms with Gasteiger partial charge in [0.1, 0.15) is 11.3 Å². The van der Waals surface area contributed by atoms with Gasteiger partial charge in [0.25, 0.3) is 5.91 Å². The van der Waals surface area contributed by atoms with Gasteiger partial charge in [-0.15, -0.1) is 12.4 Å². The highest BCUT2D eigenvalue weighted by molar-refractivity contribution is 6.00. The Morgan fingerprint density at radius 2 is 1.97 bits per heavy atom. The van der Waals surface area contributed by atoms with E-state index in [1.165, 1.54) is 23.7 Å². The lowest BCUT2D eigenvalue weighted by molar-refractivity contribution is 0.0459. The quantitative estimate of drug-likeness (QED) is 0.428. The normalized spacial score (nSPS) is 20.1. The molecule has 6 rings (SSSR count). The summed E-state index contributed by atoms with van der Waals surface area (Å²) in [4.78, 5) is 20.0. The molecule has 1 saturated carbocycles. The van der Waals surface area contributed by atoms with Crippen molar-refractivity contribution in [3.63, 3.8) is 0 Å². The number of likely N-dealkylation sites (tertiary alicyclic amines) is 1. The predicted molar refractivity (Wildman–Crippen MR) is 143 cm³/mol. The molecule has 1 amide bonds. The summed E-state index contributed by atoms with van der Waals surface area (Å²) in [6.45, 7) is 1.78. The first-order valence-electron chi connectivity index (χ1n) is 12.3. The maximum Gasteiger partial charge on any atom is 0.254 e. The lowest BCUT2D eigenvalue weighted by Gasteiger charge is -2.34. The Morgan fingerprint density at radius 3 is 2.69 bits per heavy atom. The number of rotatable bonds is 5. The first kappa shape index (κ1) is 24.6. The summed E-state index contributed by atoms with van der Waals surface area (Å²) in [5, 5.41) is 11.1. The Kier molecular flexibility index (Phi) is 6.44. The summed E-state index contributed by atoms with van der Waals surface area (Å²) >= 11 is 0. The van der Waals surface area contributed by atoms with Crippen LogP contribution in [0.3, 0.4) is 0 Å². The van der Waals surface area contributed by atoms with Gasteiger partial charge in [-0.05, 0) is 49.4 Å². The highest BCUT2D eigenvalue weighted by atomic mass is 35.5. The molecule has 1 aliphatic carbocycles. The molecular formula is C27H32ClN5O3. The summed E-state index contributed by atoms with van der Waals surface area (Å²) in [6.07, 6.45) is 2.44. The number of amides is 1. The number of fused-ring (bicyclic) bond motifs is 2. The molecule has 2 aliphatic rings. The van der Waals surface area contributed by atoms with Crippen molar-refractivity contribution >= 4 is 40.3 Å². The van der Waals surface area contributed by atoms with Crippen molar-refractivity contribution in [3.8, 4) is 17.3 Å². The van der Waals surface area contributed by atoms with Crippen molar-refractivity contribution < 1.29 is 14.6 Å². The number of para-hydroxylation sites is 1. The maximum absolute atomic E-state index is 13.3. The number of piperidine rings is 1. The van der Waals surface area contributed by atoms with Gasteiger partial charge >= 0.3 is 0 Å². The molecule has 2 fully saturated rings. The monoisotopic (exact) mass is 509 g/mol. The van der Waals surface area contributed by atoms with E-state index in [1.807, 2.05) is 13.1 Å². The van der Waals surface area contributed by atoms with Crippen LogP contribution < -0.4 is 10.5 Å². The SMILES string of the molecule is COc1cc(C(=O)N2CC[C@@H](O)[C@@H](N)C2)cc2nc(-c3cc4ccccc4n3CC3CC3)n(C)c12.Cl. The Balaban J connectivity index is 0.00000267. The van der Waals surface area contributed by atoms with Gasteiger partial charge in [-0.3, -0.25) is 4.79 Å². The van der Waals surface area contributed by atoms with E-state index in [9.17, 15) is 9.90 Å². The highest BCUT2D eigenvalue weighted by Crippen LogP contribution is 2.38. The summed E-state index contributed by atoms with van der Waals surface area (Å²) in [5.41, 5.74) is 10.4. The average Bonchev–Trinajstić information content (AvgIpc) is 3.53. The van der Waals surface area contributed by atoms with E-state index in [-0.39, 0.29) is 18.3 Å². The van der Waals surface area contributed by atoms with E-state index in [0.717, 1.165) is 29.1 Å². The van der Waals surface area contributed by atoms with E-state index in [0.29, 0.717) is 36.7 Å². The fourth-order valence-electron chi connectivity index (χ4n) is 5.31. The predicted octanol–water partition coefficient (Wildman–Crippen LogP) is 3.57. The number of aliphatic hydroxyl groups is 1. The Morgan fingerprint density at radius 1 is 1.19 bits per heavy atom. The zero-order chi connectivity index (χ0) is 24.3. The van der Waals surface area contributed by atoms with Crippen LogP contribution in [0.15, 0.2) is 42.5 Å². The van der Waals surface area contributed by atoms with Gasteiger partial charge in [0.2, 0.25) is 0 Å². The Hall–Kier alpha value is -3.07. The van der Waals surface area contributed by atoms with Crippen LogP contribution in [0.5, 0.6) is 5.75 Å². The molecule has 9 heteroatoms. The number of hydrogen-bond acceptors (Lipinski definition) is 5. The third-order valence-corrected chi connectivity index (χ3v) is 7.49. The van der Waals surface area contributed by atoms with Crippen molar-refractivity contribution in [1.29, 1.82) is 0 Å². The number of halogens is 1. The van der Waals surface area contributed by atoms with Gasteiger partial charge < -0.3 is 29.6 Å². The minimum atomic E-state index is -0.572. The van der Waals surface area contributed by atoms with E-state index in [2.05, 4.69) is 39.5 Å². The molecule has 1 saturated heterocycles. The lowest BCUT2D eigenvalue weighted by Crippen LogP contribution is -2.53. The number of aliphatic hydroxyl groups excluding tert-OH is 1. The standard InChI is InChI=1S/C27H31N5O3.ClH/c1-30-25-20(11-18(13-24(25)35-2)27(34)31-10-9-23(33)19(28)15-31)29-26(30)22-12-17-5-3-4-6-21(17)32(22)14-16-7-8-16;/h3-6,11-13,16,19,23,33H,7-10,14-15,28H2,1-2H3;1H/t19-,23+;/m0./s1. The number of aryl methyl sites for hydroxylation is 1. The lowest BCUT2D eigenvalue weighted by atomic mass is 10.0. The number of aromatic nitrogens is 3. The van der Waals surface area contributed by atoms with E-state index >= 15 is 0 Å². The van der Waals surface area contributed by atoms with Crippen LogP contribution >= 0.6 is 12.4 Å². The van der Waals surface area contributed by atoms with Crippen LogP contribution in [-0.4, -0.2) is 62.4 Å². The molecule has 0 bridgehead atoms. The van der Waals surface area contributed by atoms with Crippen molar-refractivity contribution in [1.82, 2.24) is 19.0 Å². The largest absolute Gasteiger partial charge is 0.494 e. The maximum atomic E-state index is 13.3. The Labute approximate surface area is 216 Å². The third kappa shape index (κ3) is 4.13. The summed E-state index contributed by atoms with van der Waals surface area (Å²) < 4.78 is 10.2. The fraction of sp³-hybridized carbons (Fsp3) is 0.407. The second-order valence-corrected chi connectivity index (χ2v) is 9.95. The number of nitrogens with zero attached hydrogens (tertiary/aromatic N) is 4. The second kappa shape index (κ2) is 9.42. The minimum absolute atomic E-state index is 0. The zero-order valence-corrected chi connectivity index (χ0v) is 21.4. The van der Waals surface area contributed by atoms with Crippen LogP contribution in [0.25, 0.3) is 33.5 Å². The molecule has 3 N–H and O–H groups in total. The summed E-state index contributed by atoms with van der Waals surface area (Å²) in [7, 11) is 3.62. The van der Waals surface area contributed by atoms with E-state index in [1.54, 1.807) is 18.1 Å². The summed E-state index contributed by atoms with van der Waals surface area (Å²) in [5.74, 6) is 2.05. The number of ether oxygens (including phenoxy) is 1. The van der Waals surface area contributed by atoms with Crippen molar-refractivity contribution in [2.45, 2.75) is 38.0 Å². The number of carbonyl (C=O) groups excluding carboxylic acids is 1. The van der Waals surface area contributed by atoms with Crippen molar-refractivity contribution in [2.75, 3.05) is 20.2 Å². The van der Waals surface area contributed by atoms with Crippen LogP contribution in [-0.2, 0) is 13.6 Å². The molecule has 2 atom stereocenters. The molecule has 190 valence electrons. The zero-order valence-electron chi connectivity index (χ0n) is 20.6. The van der Waals surface area contributed by atoms with Crippen LogP contribution in [0, 0.1) is 5.92 Å². The summed E-state index contributed by atoms with van der Waals surface area (Å²) in [6, 6.07) is 13.8. The minimum Gasteiger partial charge on any atom is -0.494 e. The number of hydrogen-bond donors (Lipinski definition) is 2. The van der Waals surface area contributed by atoms with Gasteiger partial charge in [0.05, 0.1) is 24.4 Å².